The lowest BCUT2D eigenvalue weighted by Crippen LogP contribution is -3.00. The first-order valence-electron chi connectivity index (χ1n) is 17.5. The van der Waals surface area contributed by atoms with E-state index >= 15 is 0 Å². The van der Waals surface area contributed by atoms with E-state index in [1.54, 1.807) is 6.92 Å². The summed E-state index contributed by atoms with van der Waals surface area (Å²) in [5, 5.41) is 0. The summed E-state index contributed by atoms with van der Waals surface area (Å²) >= 11 is 0. The zero-order chi connectivity index (χ0) is 29.0. The summed E-state index contributed by atoms with van der Waals surface area (Å²) in [6.45, 7) is 13.5. The maximum absolute atomic E-state index is 12.9. The highest BCUT2D eigenvalue weighted by Gasteiger charge is 2.67. The minimum absolute atomic E-state index is 0. The van der Waals surface area contributed by atoms with Gasteiger partial charge in [0.05, 0.1) is 20.1 Å². The van der Waals surface area contributed by atoms with Crippen molar-refractivity contribution in [3.05, 3.63) is 0 Å². The second-order valence-corrected chi connectivity index (χ2v) is 16.0. The number of hydrogen-bond acceptors (Lipinski definition) is 5. The van der Waals surface area contributed by atoms with Crippen LogP contribution in [0, 0.1) is 34.5 Å². The van der Waals surface area contributed by atoms with Crippen LogP contribution >= 0.6 is 0 Å². The molecule has 6 aliphatic rings. The molecule has 6 fully saturated rings. The molecule has 0 N–H and O–H groups in total. The molecule has 6 nitrogen and oxygen atoms in total. The molecule has 7 heteroatoms. The van der Waals surface area contributed by atoms with Crippen molar-refractivity contribution in [2.24, 2.45) is 34.5 Å². The molecule has 0 spiro atoms. The van der Waals surface area contributed by atoms with Crippen LogP contribution in [0.5, 0.6) is 0 Å². The van der Waals surface area contributed by atoms with Gasteiger partial charge in [-0.2, -0.15) is 0 Å². The second-order valence-electron chi connectivity index (χ2n) is 16.0. The average molecular weight is 652 g/mol. The van der Waals surface area contributed by atoms with Gasteiger partial charge in [-0.25, -0.2) is 0 Å². The first kappa shape index (κ1) is 32.7. The van der Waals surface area contributed by atoms with E-state index in [9.17, 15) is 9.59 Å². The number of carbonyl (C=O) groups is 2. The van der Waals surface area contributed by atoms with E-state index < -0.39 is 0 Å². The van der Waals surface area contributed by atoms with Crippen LogP contribution in [-0.2, 0) is 19.1 Å². The van der Waals surface area contributed by atoms with Crippen LogP contribution in [0.15, 0.2) is 0 Å². The maximum Gasteiger partial charge on any atom is 0.306 e. The third-order valence-electron chi connectivity index (χ3n) is 14.0. The van der Waals surface area contributed by atoms with Gasteiger partial charge in [-0.3, -0.25) is 14.5 Å². The Hall–Kier alpha value is -0.660. The third-order valence-corrected chi connectivity index (χ3v) is 14.0. The van der Waals surface area contributed by atoms with E-state index in [0.717, 1.165) is 29.9 Å². The van der Waals surface area contributed by atoms with Crippen LogP contribution in [0.4, 0.5) is 0 Å². The lowest BCUT2D eigenvalue weighted by Gasteiger charge is -2.62. The lowest BCUT2D eigenvalue weighted by molar-refractivity contribution is -0.940. The van der Waals surface area contributed by atoms with Gasteiger partial charge in [-0.05, 0) is 113 Å². The van der Waals surface area contributed by atoms with Crippen molar-refractivity contribution in [2.45, 2.75) is 142 Å². The monoisotopic (exact) mass is 650 g/mol. The quantitative estimate of drug-likeness (QED) is 0.338. The summed E-state index contributed by atoms with van der Waals surface area (Å²) in [5.74, 6) is 2.59. The summed E-state index contributed by atoms with van der Waals surface area (Å²) < 4.78 is 13.7. The van der Waals surface area contributed by atoms with E-state index in [1.807, 2.05) is 6.92 Å². The van der Waals surface area contributed by atoms with Gasteiger partial charge in [0, 0.05) is 31.2 Å². The average Bonchev–Trinajstić information content (AvgIpc) is 3.26. The Labute approximate surface area is 266 Å². The maximum atomic E-state index is 12.9. The van der Waals surface area contributed by atoms with Crippen molar-refractivity contribution < 1.29 is 40.5 Å². The fraction of sp³-hybridized carbons (Fsp3) is 0.943. The molecule has 240 valence electrons. The van der Waals surface area contributed by atoms with Gasteiger partial charge >= 0.3 is 11.9 Å². The molecule has 0 unspecified atom stereocenters. The van der Waals surface area contributed by atoms with E-state index in [0.29, 0.717) is 41.7 Å². The van der Waals surface area contributed by atoms with Crippen LogP contribution in [0.3, 0.4) is 0 Å². The first-order chi connectivity index (χ1) is 19.6. The van der Waals surface area contributed by atoms with Gasteiger partial charge < -0.3 is 30.9 Å². The minimum Gasteiger partial charge on any atom is -1.00 e. The summed E-state index contributed by atoms with van der Waals surface area (Å²) in [4.78, 5) is 27.8. The largest absolute Gasteiger partial charge is 1.00 e. The molecule has 4 saturated carbocycles. The van der Waals surface area contributed by atoms with Crippen LogP contribution in [0.1, 0.15) is 118 Å². The van der Waals surface area contributed by atoms with Gasteiger partial charge in [-0.1, -0.05) is 27.2 Å². The van der Waals surface area contributed by atoms with Crippen molar-refractivity contribution in [1.29, 1.82) is 0 Å². The van der Waals surface area contributed by atoms with Crippen molar-refractivity contribution in [2.75, 3.05) is 33.2 Å². The summed E-state index contributed by atoms with van der Waals surface area (Å²) in [5.41, 5.74) is 0.375. The number of nitrogens with zero attached hydrogens (tertiary/aromatic N) is 2. The number of halogens is 1. The number of fused-ring (bicyclic) bond motifs is 5. The van der Waals surface area contributed by atoms with Gasteiger partial charge in [0.15, 0.2) is 6.10 Å². The SMILES string of the molecule is CCC(=O)O[C@H]1[C@@H]([N+]2(C)CCCCC2)C[C@H]2[C@@H]3CC[C@H]4C[C@H](OC(C)=O)[C@@H](N5CCCCC5)C[C@]4(C)[C@H]3CC[C@@]21C.[Br-]. The Morgan fingerprint density at radius 2 is 1.57 bits per heavy atom. The van der Waals surface area contributed by atoms with Crippen LogP contribution in [0.2, 0.25) is 0 Å². The third kappa shape index (κ3) is 5.63. The number of hydrogen-bond donors (Lipinski definition) is 0. The number of ether oxygens (including phenoxy) is 2. The number of esters is 2. The van der Waals surface area contributed by atoms with Gasteiger partial charge in [0.1, 0.15) is 12.1 Å². The van der Waals surface area contributed by atoms with E-state index in [2.05, 4.69) is 25.8 Å². The fourth-order valence-corrected chi connectivity index (χ4v) is 11.8. The standard InChI is InChI=1S/C35H59N2O4.BrH/c1-6-32(39)41-33-30(37(5)19-11-8-12-20-37)22-28-26-14-13-25-21-31(40-24(2)38)29(36-17-9-7-10-18-36)23-35(25,4)27(26)15-16-34(28,33)3;/h25-31,33H,6-23H2,1-5H3;1H/q+1;/p-1/t25-,26+,27-,28-,29-,30-,31-,33-,34-,35-;/m0./s1. The lowest BCUT2D eigenvalue weighted by atomic mass is 9.44. The topological polar surface area (TPSA) is 55.8 Å². The van der Waals surface area contributed by atoms with Crippen LogP contribution < -0.4 is 17.0 Å². The van der Waals surface area contributed by atoms with Gasteiger partial charge in [0.25, 0.3) is 0 Å². The zero-order valence-corrected chi connectivity index (χ0v) is 28.8. The van der Waals surface area contributed by atoms with Crippen molar-refractivity contribution in [3.63, 3.8) is 0 Å². The van der Waals surface area contributed by atoms with Crippen LogP contribution in [-0.4, -0.2) is 78.8 Å². The number of quaternary nitrogens is 1. The molecule has 2 saturated heterocycles. The molecule has 0 aromatic carbocycles. The molecular weight excluding hydrogens is 592 g/mol. The van der Waals surface area contributed by atoms with Crippen molar-refractivity contribution >= 4 is 11.9 Å². The van der Waals surface area contributed by atoms with E-state index in [-0.39, 0.29) is 46.5 Å². The molecule has 0 aromatic rings. The van der Waals surface area contributed by atoms with Gasteiger partial charge in [-0.15, -0.1) is 0 Å². The molecule has 0 amide bonds. The number of likely N-dealkylation sites (N-methyl/N-ethyl adjacent to an activating group) is 1. The Morgan fingerprint density at radius 1 is 0.881 bits per heavy atom. The molecule has 6 rings (SSSR count). The van der Waals surface area contributed by atoms with E-state index in [1.165, 1.54) is 90.1 Å². The first-order valence-corrected chi connectivity index (χ1v) is 17.5. The number of piperidine rings is 2. The molecule has 42 heavy (non-hydrogen) atoms. The molecule has 0 radical (unpaired) electrons. The number of rotatable bonds is 5. The normalized spacial score (nSPS) is 45.0. The molecular formula is C35H59BrN2O4. The Bertz CT molecular complexity index is 980. The van der Waals surface area contributed by atoms with Crippen molar-refractivity contribution in [3.8, 4) is 0 Å². The van der Waals surface area contributed by atoms with Crippen molar-refractivity contribution in [1.82, 2.24) is 4.90 Å². The molecule has 2 heterocycles. The predicted molar refractivity (Wildman–Crippen MR) is 161 cm³/mol. The minimum atomic E-state index is -0.110. The zero-order valence-electron chi connectivity index (χ0n) is 27.3. The molecule has 0 aromatic heterocycles. The highest BCUT2D eigenvalue weighted by molar-refractivity contribution is 5.69. The molecule has 10 atom stereocenters. The van der Waals surface area contributed by atoms with Gasteiger partial charge in [0.2, 0.25) is 0 Å². The highest BCUT2D eigenvalue weighted by atomic mass is 79.9. The predicted octanol–water partition coefficient (Wildman–Crippen LogP) is 3.36. The Morgan fingerprint density at radius 3 is 2.24 bits per heavy atom. The smallest absolute Gasteiger partial charge is 0.306 e. The number of likely N-dealkylation sites (tertiary alicyclic amines) is 2. The highest BCUT2D eigenvalue weighted by Crippen LogP contribution is 2.67. The second kappa shape index (κ2) is 12.6. The van der Waals surface area contributed by atoms with Crippen LogP contribution in [0.25, 0.3) is 0 Å². The Balaban J connectivity index is 0.00000353. The Kier molecular flexibility index (Phi) is 9.83. The summed E-state index contributed by atoms with van der Waals surface area (Å²) in [6, 6.07) is 0.797. The summed E-state index contributed by atoms with van der Waals surface area (Å²) in [6.07, 6.45) is 16.8. The number of carbonyl (C=O) groups excluding carboxylic acids is 2. The molecule has 2 aliphatic heterocycles. The molecule has 0 bridgehead atoms. The molecule has 4 aliphatic carbocycles. The fourth-order valence-electron chi connectivity index (χ4n) is 11.8. The van der Waals surface area contributed by atoms with E-state index in [4.69, 9.17) is 9.47 Å². The summed E-state index contributed by atoms with van der Waals surface area (Å²) in [7, 11) is 2.48.